The Hall–Kier alpha value is -3.03. The molecule has 0 aliphatic carbocycles. The Bertz CT molecular complexity index is 889. The van der Waals surface area contributed by atoms with E-state index in [9.17, 15) is 22.8 Å². The summed E-state index contributed by atoms with van der Waals surface area (Å²) in [5.41, 5.74) is 0.939. The molecule has 1 heterocycles. The molecular weight excluding hydrogens is 397 g/mol. The van der Waals surface area contributed by atoms with Crippen molar-refractivity contribution in [2.45, 2.75) is 19.5 Å². The molecule has 5 nitrogen and oxygen atoms in total. The molecule has 2 aromatic rings. The van der Waals surface area contributed by atoms with Crippen LogP contribution in [-0.2, 0) is 17.4 Å². The number of amides is 2. The quantitative estimate of drug-likeness (QED) is 0.742. The summed E-state index contributed by atoms with van der Waals surface area (Å²) in [7, 11) is 0. The predicted octanol–water partition coefficient (Wildman–Crippen LogP) is 3.63. The van der Waals surface area contributed by atoms with Crippen LogP contribution in [0.1, 0.15) is 28.4 Å². The van der Waals surface area contributed by atoms with Crippen LogP contribution in [0.3, 0.4) is 0 Å². The number of piperazine rings is 1. The van der Waals surface area contributed by atoms with Crippen LogP contribution in [0, 0.1) is 0 Å². The van der Waals surface area contributed by atoms with Gasteiger partial charge in [0.05, 0.1) is 5.56 Å². The zero-order valence-corrected chi connectivity index (χ0v) is 16.6. The minimum Gasteiger partial charge on any atom is -0.484 e. The molecule has 0 atom stereocenters. The third-order valence-electron chi connectivity index (χ3n) is 5.05. The van der Waals surface area contributed by atoms with E-state index in [-0.39, 0.29) is 24.2 Å². The Balaban J connectivity index is 1.50. The highest BCUT2D eigenvalue weighted by Gasteiger charge is 2.31. The molecule has 3 rings (SSSR count). The molecule has 2 amide bonds. The number of rotatable bonds is 5. The Kier molecular flexibility index (Phi) is 6.64. The van der Waals surface area contributed by atoms with Crippen LogP contribution in [0.4, 0.5) is 13.2 Å². The molecule has 0 saturated carbocycles. The number of alkyl halides is 3. The van der Waals surface area contributed by atoms with E-state index < -0.39 is 11.7 Å². The average molecular weight is 420 g/mol. The Morgan fingerprint density at radius 3 is 2.20 bits per heavy atom. The standard InChI is InChI=1S/C22H23F3N2O3/c1-2-16-6-8-17(9-7-16)21(29)27-12-10-26(11-13-27)20(28)15-30-19-5-3-4-18(14-19)22(23,24)25/h3-9,14H,2,10-13,15H2,1H3. The molecule has 0 radical (unpaired) electrons. The van der Waals surface area contributed by atoms with Crippen LogP contribution in [0.5, 0.6) is 5.75 Å². The minimum absolute atomic E-state index is 0.0116. The number of benzene rings is 2. The van der Waals surface area contributed by atoms with Gasteiger partial charge in [-0.3, -0.25) is 9.59 Å². The summed E-state index contributed by atoms with van der Waals surface area (Å²) >= 11 is 0. The summed E-state index contributed by atoms with van der Waals surface area (Å²) in [6.45, 7) is 3.18. The van der Waals surface area contributed by atoms with Crippen LogP contribution in [0.25, 0.3) is 0 Å². The zero-order valence-electron chi connectivity index (χ0n) is 16.6. The van der Waals surface area contributed by atoms with Gasteiger partial charge in [0.25, 0.3) is 11.8 Å². The normalized spacial score (nSPS) is 14.5. The van der Waals surface area contributed by atoms with E-state index in [1.165, 1.54) is 12.1 Å². The van der Waals surface area contributed by atoms with E-state index in [0.29, 0.717) is 31.7 Å². The second kappa shape index (κ2) is 9.19. The van der Waals surface area contributed by atoms with Crippen molar-refractivity contribution in [3.8, 4) is 5.75 Å². The summed E-state index contributed by atoms with van der Waals surface area (Å²) in [4.78, 5) is 28.2. The van der Waals surface area contributed by atoms with Gasteiger partial charge in [0, 0.05) is 31.7 Å². The lowest BCUT2D eigenvalue weighted by atomic mass is 10.1. The summed E-state index contributed by atoms with van der Waals surface area (Å²) < 4.78 is 43.5. The van der Waals surface area contributed by atoms with E-state index in [0.717, 1.165) is 24.1 Å². The third-order valence-corrected chi connectivity index (χ3v) is 5.05. The van der Waals surface area contributed by atoms with Crippen molar-refractivity contribution in [3.63, 3.8) is 0 Å². The lowest BCUT2D eigenvalue weighted by molar-refractivity contribution is -0.137. The SMILES string of the molecule is CCc1ccc(C(=O)N2CCN(C(=O)COc3cccc(C(F)(F)F)c3)CC2)cc1. The molecule has 0 spiro atoms. The highest BCUT2D eigenvalue weighted by atomic mass is 19.4. The Labute approximate surface area is 173 Å². The largest absolute Gasteiger partial charge is 0.484 e. The number of hydrogen-bond donors (Lipinski definition) is 0. The molecule has 30 heavy (non-hydrogen) atoms. The second-order valence-corrected chi connectivity index (χ2v) is 7.04. The van der Waals surface area contributed by atoms with Crippen molar-refractivity contribution < 1.29 is 27.5 Å². The van der Waals surface area contributed by atoms with Gasteiger partial charge in [-0.1, -0.05) is 25.1 Å². The van der Waals surface area contributed by atoms with Gasteiger partial charge >= 0.3 is 6.18 Å². The van der Waals surface area contributed by atoms with Crippen molar-refractivity contribution in [3.05, 3.63) is 65.2 Å². The predicted molar refractivity (Wildman–Crippen MR) is 105 cm³/mol. The van der Waals surface area contributed by atoms with Crippen LogP contribution in [-0.4, -0.2) is 54.4 Å². The molecule has 1 saturated heterocycles. The summed E-state index contributed by atoms with van der Waals surface area (Å²) in [5.74, 6) is -0.417. The van der Waals surface area contributed by atoms with Gasteiger partial charge in [-0.2, -0.15) is 13.2 Å². The number of halogens is 3. The lowest BCUT2D eigenvalue weighted by Crippen LogP contribution is -2.51. The van der Waals surface area contributed by atoms with Crippen LogP contribution < -0.4 is 4.74 Å². The van der Waals surface area contributed by atoms with Crippen LogP contribution >= 0.6 is 0 Å². The number of ether oxygens (including phenoxy) is 1. The molecule has 2 aromatic carbocycles. The van der Waals surface area contributed by atoms with E-state index in [1.807, 2.05) is 31.2 Å². The van der Waals surface area contributed by atoms with Gasteiger partial charge in [0.15, 0.2) is 6.61 Å². The van der Waals surface area contributed by atoms with E-state index in [2.05, 4.69) is 0 Å². The summed E-state index contributed by atoms with van der Waals surface area (Å²) in [6, 6.07) is 11.9. The van der Waals surface area contributed by atoms with Gasteiger partial charge in [-0.15, -0.1) is 0 Å². The van der Waals surface area contributed by atoms with E-state index in [1.54, 1.807) is 9.80 Å². The molecule has 8 heteroatoms. The van der Waals surface area contributed by atoms with E-state index >= 15 is 0 Å². The highest BCUT2D eigenvalue weighted by Crippen LogP contribution is 2.31. The monoisotopic (exact) mass is 420 g/mol. The molecule has 0 unspecified atom stereocenters. The molecule has 1 aliphatic heterocycles. The maximum absolute atomic E-state index is 12.8. The first kappa shape index (κ1) is 21.7. The third kappa shape index (κ3) is 5.31. The lowest BCUT2D eigenvalue weighted by Gasteiger charge is -2.34. The fraction of sp³-hybridized carbons (Fsp3) is 0.364. The molecule has 1 aliphatic rings. The van der Waals surface area contributed by atoms with Crippen molar-refractivity contribution in [2.75, 3.05) is 32.8 Å². The van der Waals surface area contributed by atoms with Gasteiger partial charge in [0.1, 0.15) is 5.75 Å². The minimum atomic E-state index is -4.47. The van der Waals surface area contributed by atoms with Crippen LogP contribution in [0.2, 0.25) is 0 Å². The van der Waals surface area contributed by atoms with Gasteiger partial charge in [-0.05, 0) is 42.3 Å². The smallest absolute Gasteiger partial charge is 0.416 e. The molecular formula is C22H23F3N2O3. The summed E-state index contributed by atoms with van der Waals surface area (Å²) in [5, 5.41) is 0. The molecule has 160 valence electrons. The number of aryl methyl sites for hydroxylation is 1. The van der Waals surface area contributed by atoms with Crippen molar-refractivity contribution in [1.29, 1.82) is 0 Å². The molecule has 1 fully saturated rings. The Morgan fingerprint density at radius 2 is 1.60 bits per heavy atom. The fourth-order valence-corrected chi connectivity index (χ4v) is 3.22. The second-order valence-electron chi connectivity index (χ2n) is 7.04. The van der Waals surface area contributed by atoms with Crippen molar-refractivity contribution in [1.82, 2.24) is 9.80 Å². The molecule has 0 N–H and O–H groups in total. The maximum Gasteiger partial charge on any atom is 0.416 e. The number of carbonyl (C=O) groups is 2. The highest BCUT2D eigenvalue weighted by molar-refractivity contribution is 5.94. The average Bonchev–Trinajstić information content (AvgIpc) is 2.77. The number of nitrogens with zero attached hydrogens (tertiary/aromatic N) is 2. The number of carbonyl (C=O) groups excluding carboxylic acids is 2. The van der Waals surface area contributed by atoms with Gasteiger partial charge < -0.3 is 14.5 Å². The van der Waals surface area contributed by atoms with Crippen molar-refractivity contribution >= 4 is 11.8 Å². The van der Waals surface area contributed by atoms with Crippen LogP contribution in [0.15, 0.2) is 48.5 Å². The first-order chi connectivity index (χ1) is 14.3. The van der Waals surface area contributed by atoms with Crippen molar-refractivity contribution in [2.24, 2.45) is 0 Å². The fourth-order valence-electron chi connectivity index (χ4n) is 3.22. The first-order valence-electron chi connectivity index (χ1n) is 9.74. The summed E-state index contributed by atoms with van der Waals surface area (Å²) in [6.07, 6.45) is -3.57. The Morgan fingerprint density at radius 1 is 0.967 bits per heavy atom. The maximum atomic E-state index is 12.8. The molecule has 0 bridgehead atoms. The molecule has 0 aromatic heterocycles. The van der Waals surface area contributed by atoms with Gasteiger partial charge in [-0.25, -0.2) is 0 Å². The van der Waals surface area contributed by atoms with E-state index in [4.69, 9.17) is 4.74 Å². The number of hydrogen-bond acceptors (Lipinski definition) is 3. The van der Waals surface area contributed by atoms with Gasteiger partial charge in [0.2, 0.25) is 0 Å². The zero-order chi connectivity index (χ0) is 21.7. The first-order valence-corrected chi connectivity index (χ1v) is 9.74. The topological polar surface area (TPSA) is 49.9 Å².